The fourth-order valence-electron chi connectivity index (χ4n) is 2.23. The maximum absolute atomic E-state index is 12.6. The van der Waals surface area contributed by atoms with E-state index >= 15 is 0 Å². The lowest BCUT2D eigenvalue weighted by Crippen LogP contribution is -2.49. The highest BCUT2D eigenvalue weighted by Crippen LogP contribution is 2.35. The van der Waals surface area contributed by atoms with Crippen LogP contribution in [0.3, 0.4) is 0 Å². The molecule has 1 amide bonds. The van der Waals surface area contributed by atoms with Crippen molar-refractivity contribution >= 4 is 57.9 Å². The molecule has 4 nitrogen and oxygen atoms in total. The molecular formula is C16H15ClNO3S2-. The predicted octanol–water partition coefficient (Wildman–Crippen LogP) is 2.85. The van der Waals surface area contributed by atoms with Gasteiger partial charge in [0.15, 0.2) is 0 Å². The Labute approximate surface area is 149 Å². The van der Waals surface area contributed by atoms with E-state index in [1.807, 2.05) is 13.0 Å². The smallest absolute Gasteiger partial charge is 0.266 e. The van der Waals surface area contributed by atoms with Gasteiger partial charge in [-0.1, -0.05) is 73.5 Å². The van der Waals surface area contributed by atoms with Crippen LogP contribution in [0.15, 0.2) is 29.2 Å². The molecule has 0 saturated carbocycles. The number of thioether (sulfide) groups is 1. The minimum atomic E-state index is -1.28. The second kappa shape index (κ2) is 7.95. The highest BCUT2D eigenvalue weighted by atomic mass is 35.5. The molecular weight excluding hydrogens is 354 g/mol. The number of hydrogen-bond donors (Lipinski definition) is 0. The van der Waals surface area contributed by atoms with E-state index in [0.29, 0.717) is 28.3 Å². The Balaban J connectivity index is 2.29. The molecule has 122 valence electrons. The monoisotopic (exact) mass is 368 g/mol. The highest BCUT2D eigenvalue weighted by Gasteiger charge is 2.37. The van der Waals surface area contributed by atoms with Gasteiger partial charge in [-0.2, -0.15) is 0 Å². The van der Waals surface area contributed by atoms with Crippen LogP contribution in [0, 0.1) is 0 Å². The fraction of sp³-hybridized carbons (Fsp3) is 0.312. The first-order chi connectivity index (χ1) is 11.0. The lowest BCUT2D eigenvalue weighted by molar-refractivity contribution is -0.310. The van der Waals surface area contributed by atoms with Crippen molar-refractivity contribution < 1.29 is 14.7 Å². The van der Waals surface area contributed by atoms with E-state index in [-0.39, 0.29) is 4.32 Å². The number of carbonyl (C=O) groups is 2. The van der Waals surface area contributed by atoms with E-state index in [1.165, 1.54) is 0 Å². The molecule has 2 rings (SSSR count). The zero-order valence-corrected chi connectivity index (χ0v) is 14.8. The summed E-state index contributed by atoms with van der Waals surface area (Å²) in [5, 5.41) is 11.9. The molecule has 23 heavy (non-hydrogen) atoms. The van der Waals surface area contributed by atoms with Gasteiger partial charge in [0, 0.05) is 5.02 Å². The lowest BCUT2D eigenvalue weighted by atomic mass is 10.1. The maximum Gasteiger partial charge on any atom is 0.266 e. The van der Waals surface area contributed by atoms with Gasteiger partial charge in [-0.25, -0.2) is 0 Å². The number of thiocarbonyl (C=S) groups is 1. The van der Waals surface area contributed by atoms with Crippen LogP contribution in [0.25, 0.3) is 6.08 Å². The summed E-state index contributed by atoms with van der Waals surface area (Å²) in [6, 6.07) is 6.08. The molecule has 0 bridgehead atoms. The second-order valence-corrected chi connectivity index (χ2v) is 7.13. The molecule has 1 fully saturated rings. The Morgan fingerprint density at radius 2 is 2.17 bits per heavy atom. The number of rotatable bonds is 6. The van der Waals surface area contributed by atoms with Gasteiger partial charge in [-0.05, 0) is 24.1 Å². The van der Waals surface area contributed by atoms with Gasteiger partial charge in [0.1, 0.15) is 4.32 Å². The molecule has 7 heteroatoms. The molecule has 0 aromatic heterocycles. The zero-order valence-electron chi connectivity index (χ0n) is 12.5. The topological polar surface area (TPSA) is 60.4 Å². The fourth-order valence-corrected chi connectivity index (χ4v) is 3.77. The number of carbonyl (C=O) groups excluding carboxylic acids is 2. The number of unbranched alkanes of at least 4 members (excludes halogenated alkanes) is 1. The molecule has 1 aromatic rings. The van der Waals surface area contributed by atoms with Crippen LogP contribution in [0.5, 0.6) is 0 Å². The Kier molecular flexibility index (Phi) is 6.21. The molecule has 1 aromatic carbocycles. The number of amides is 1. The minimum Gasteiger partial charge on any atom is -0.548 e. The van der Waals surface area contributed by atoms with E-state index in [9.17, 15) is 14.7 Å². The van der Waals surface area contributed by atoms with Gasteiger partial charge in [-0.15, -0.1) is 0 Å². The summed E-state index contributed by atoms with van der Waals surface area (Å²) in [5.74, 6) is -1.70. The SMILES string of the molecule is CCCC[C@@H](C(=O)[O-])N1C(=O)/C(=C/c2ccccc2Cl)SC1=S. The average molecular weight is 369 g/mol. The average Bonchev–Trinajstić information content (AvgIpc) is 2.77. The van der Waals surface area contributed by atoms with Gasteiger partial charge in [0.2, 0.25) is 0 Å². The van der Waals surface area contributed by atoms with E-state index < -0.39 is 17.9 Å². The summed E-state index contributed by atoms with van der Waals surface area (Å²) in [7, 11) is 0. The van der Waals surface area contributed by atoms with Crippen molar-refractivity contribution in [3.63, 3.8) is 0 Å². The Bertz CT molecular complexity index is 675. The summed E-state index contributed by atoms with van der Waals surface area (Å²) < 4.78 is 0.235. The lowest BCUT2D eigenvalue weighted by Gasteiger charge is -2.27. The van der Waals surface area contributed by atoms with Crippen molar-refractivity contribution in [3.05, 3.63) is 39.8 Å². The third kappa shape index (κ3) is 4.13. The quantitative estimate of drug-likeness (QED) is 0.570. The van der Waals surface area contributed by atoms with Crippen LogP contribution in [0.1, 0.15) is 31.7 Å². The van der Waals surface area contributed by atoms with E-state index in [4.69, 9.17) is 23.8 Å². The standard InChI is InChI=1S/C16H16ClNO3S2/c1-2-3-8-12(15(20)21)18-14(19)13(23-16(18)22)9-10-6-4-5-7-11(10)17/h4-7,9,12H,2-3,8H2,1H3,(H,20,21)/p-1/b13-9-/t12-/m0/s1. The predicted molar refractivity (Wildman–Crippen MR) is 94.8 cm³/mol. The highest BCUT2D eigenvalue weighted by molar-refractivity contribution is 8.26. The molecule has 0 radical (unpaired) electrons. The Morgan fingerprint density at radius 3 is 2.78 bits per heavy atom. The van der Waals surface area contributed by atoms with Crippen molar-refractivity contribution in [2.24, 2.45) is 0 Å². The Hall–Kier alpha value is -1.37. The minimum absolute atomic E-state index is 0.235. The van der Waals surface area contributed by atoms with Crippen LogP contribution in [-0.4, -0.2) is 27.1 Å². The normalized spacial score (nSPS) is 17.8. The van der Waals surface area contributed by atoms with Crippen LogP contribution in [0.4, 0.5) is 0 Å². The summed E-state index contributed by atoms with van der Waals surface area (Å²) in [6.45, 7) is 1.95. The number of halogens is 1. The summed E-state index contributed by atoms with van der Waals surface area (Å²) in [5.41, 5.74) is 0.688. The van der Waals surface area contributed by atoms with Crippen LogP contribution in [-0.2, 0) is 9.59 Å². The molecule has 0 N–H and O–H groups in total. The molecule has 1 atom stereocenters. The molecule has 1 aliphatic rings. The largest absolute Gasteiger partial charge is 0.548 e. The number of carboxylic acids is 1. The van der Waals surface area contributed by atoms with Crippen molar-refractivity contribution in [1.82, 2.24) is 4.90 Å². The number of aliphatic carboxylic acids is 1. The number of hydrogen-bond acceptors (Lipinski definition) is 5. The van der Waals surface area contributed by atoms with E-state index in [1.54, 1.807) is 24.3 Å². The third-order valence-electron chi connectivity index (χ3n) is 3.43. The van der Waals surface area contributed by atoms with Gasteiger partial charge >= 0.3 is 0 Å². The van der Waals surface area contributed by atoms with Gasteiger partial charge in [-0.3, -0.25) is 9.69 Å². The number of benzene rings is 1. The first-order valence-corrected chi connectivity index (χ1v) is 8.78. The van der Waals surface area contributed by atoms with Gasteiger partial charge in [0.25, 0.3) is 5.91 Å². The molecule has 0 spiro atoms. The number of nitrogens with zero attached hydrogens (tertiary/aromatic N) is 1. The first-order valence-electron chi connectivity index (χ1n) is 7.18. The van der Waals surface area contributed by atoms with Crippen molar-refractivity contribution in [2.45, 2.75) is 32.2 Å². The molecule has 1 aliphatic heterocycles. The second-order valence-electron chi connectivity index (χ2n) is 5.05. The van der Waals surface area contributed by atoms with Crippen molar-refractivity contribution in [3.8, 4) is 0 Å². The van der Waals surface area contributed by atoms with E-state index in [2.05, 4.69) is 0 Å². The molecule has 1 heterocycles. The van der Waals surface area contributed by atoms with Gasteiger partial charge < -0.3 is 9.90 Å². The van der Waals surface area contributed by atoms with Crippen LogP contribution < -0.4 is 5.11 Å². The zero-order chi connectivity index (χ0) is 17.0. The Morgan fingerprint density at radius 1 is 1.48 bits per heavy atom. The van der Waals surface area contributed by atoms with E-state index in [0.717, 1.165) is 23.1 Å². The summed E-state index contributed by atoms with van der Waals surface area (Å²) in [4.78, 5) is 25.5. The molecule has 0 aliphatic carbocycles. The van der Waals surface area contributed by atoms with Crippen molar-refractivity contribution in [2.75, 3.05) is 0 Å². The van der Waals surface area contributed by atoms with Crippen molar-refractivity contribution in [1.29, 1.82) is 0 Å². The molecule has 0 unspecified atom stereocenters. The van der Waals surface area contributed by atoms with Crippen LogP contribution in [0.2, 0.25) is 5.02 Å². The maximum atomic E-state index is 12.6. The first kappa shape index (κ1) is 18.0. The summed E-state index contributed by atoms with van der Waals surface area (Å²) in [6.07, 6.45) is 3.46. The third-order valence-corrected chi connectivity index (χ3v) is 5.10. The van der Waals surface area contributed by atoms with Crippen LogP contribution >= 0.6 is 35.6 Å². The van der Waals surface area contributed by atoms with Gasteiger partial charge in [0.05, 0.1) is 16.9 Å². The summed E-state index contributed by atoms with van der Waals surface area (Å²) >= 11 is 12.4. The molecule has 1 saturated heterocycles. The number of carboxylic acid groups (broad SMARTS) is 1.